The van der Waals surface area contributed by atoms with Gasteiger partial charge in [0, 0.05) is 41.5 Å². The monoisotopic (exact) mass is 409 g/mol. The van der Waals surface area contributed by atoms with E-state index in [2.05, 4.69) is 17.1 Å². The van der Waals surface area contributed by atoms with Gasteiger partial charge >= 0.3 is 0 Å². The topological polar surface area (TPSA) is 62.1 Å². The molecule has 2 atom stereocenters. The maximum absolute atomic E-state index is 13.7. The quantitative estimate of drug-likeness (QED) is 0.682. The molecule has 2 aliphatic rings. The minimum atomic E-state index is -0.849. The minimum Gasteiger partial charge on any atom is -0.357 e. The molecule has 5 rings (SSSR count). The first-order valence-corrected chi connectivity index (χ1v) is 10.6. The van der Waals surface area contributed by atoms with E-state index >= 15 is 0 Å². The molecule has 0 spiro atoms. The Bertz CT molecular complexity index is 1120. The van der Waals surface area contributed by atoms with Crippen molar-refractivity contribution in [1.29, 1.82) is 0 Å². The van der Waals surface area contributed by atoms with E-state index in [1.165, 1.54) is 23.1 Å². The van der Waals surface area contributed by atoms with Crippen molar-refractivity contribution in [2.75, 3.05) is 6.54 Å². The Morgan fingerprint density at radius 3 is 2.87 bits per heavy atom. The highest BCUT2D eigenvalue weighted by Crippen LogP contribution is 2.37. The van der Waals surface area contributed by atoms with E-state index in [1.807, 2.05) is 17.0 Å². The summed E-state index contributed by atoms with van der Waals surface area (Å²) < 4.78 is 27.3. The minimum absolute atomic E-state index is 0.0186. The molecular formula is C24H25F2N3O. The van der Waals surface area contributed by atoms with Crippen LogP contribution in [0.25, 0.3) is 10.9 Å². The number of carbonyl (C=O) groups excluding carboxylic acids is 1. The number of para-hydroxylation sites is 1. The lowest BCUT2D eigenvalue weighted by atomic mass is 9.91. The number of aromatic amines is 1. The molecule has 3 N–H and O–H groups in total. The smallest absolute Gasteiger partial charge is 0.224 e. The van der Waals surface area contributed by atoms with Crippen molar-refractivity contribution in [3.05, 3.63) is 70.4 Å². The summed E-state index contributed by atoms with van der Waals surface area (Å²) in [5, 5.41) is 1.23. The number of hydrogen-bond acceptors (Lipinski definition) is 2. The van der Waals surface area contributed by atoms with Crippen molar-refractivity contribution in [3.8, 4) is 0 Å². The van der Waals surface area contributed by atoms with Crippen LogP contribution in [0.5, 0.6) is 0 Å². The first-order chi connectivity index (χ1) is 14.5. The van der Waals surface area contributed by atoms with Gasteiger partial charge in [-0.2, -0.15) is 0 Å². The number of H-pyrrole nitrogens is 1. The Morgan fingerprint density at radius 2 is 2.00 bits per heavy atom. The van der Waals surface area contributed by atoms with Gasteiger partial charge in [-0.05, 0) is 60.6 Å². The fourth-order valence-corrected chi connectivity index (χ4v) is 5.16. The number of hydrogen-bond donors (Lipinski definition) is 2. The zero-order valence-corrected chi connectivity index (χ0v) is 16.8. The van der Waals surface area contributed by atoms with Crippen LogP contribution in [0.15, 0.2) is 36.4 Å². The van der Waals surface area contributed by atoms with E-state index in [4.69, 9.17) is 5.73 Å². The van der Waals surface area contributed by atoms with E-state index in [1.54, 1.807) is 0 Å². The Balaban J connectivity index is 1.32. The molecule has 0 bridgehead atoms. The average Bonchev–Trinajstić information content (AvgIpc) is 3.21. The van der Waals surface area contributed by atoms with Crippen LogP contribution in [-0.2, 0) is 24.2 Å². The lowest BCUT2D eigenvalue weighted by molar-refractivity contribution is -0.132. The van der Waals surface area contributed by atoms with Gasteiger partial charge in [0.2, 0.25) is 5.91 Å². The molecule has 30 heavy (non-hydrogen) atoms. The van der Waals surface area contributed by atoms with Gasteiger partial charge in [0.15, 0.2) is 11.6 Å². The number of benzene rings is 2. The summed E-state index contributed by atoms with van der Waals surface area (Å²) in [6.45, 7) is 1.25. The van der Waals surface area contributed by atoms with Gasteiger partial charge in [0.05, 0.1) is 6.54 Å². The predicted molar refractivity (Wildman–Crippen MR) is 112 cm³/mol. The zero-order valence-electron chi connectivity index (χ0n) is 16.8. The van der Waals surface area contributed by atoms with Crippen LogP contribution < -0.4 is 5.73 Å². The molecule has 0 saturated heterocycles. The molecule has 2 aromatic carbocycles. The highest BCUT2D eigenvalue weighted by atomic mass is 19.2. The van der Waals surface area contributed by atoms with E-state index in [-0.39, 0.29) is 18.2 Å². The van der Waals surface area contributed by atoms with Gasteiger partial charge in [0.1, 0.15) is 0 Å². The Hall–Kier alpha value is -2.73. The SMILES string of the molecule is NC(CC(=O)N1CCCc2c([nH]c3ccccc23)C1)C1CCc2cc(F)c(F)cc21. The molecule has 1 aliphatic heterocycles. The number of fused-ring (bicyclic) bond motifs is 4. The van der Waals surface area contributed by atoms with Gasteiger partial charge in [0.25, 0.3) is 0 Å². The largest absolute Gasteiger partial charge is 0.357 e. The lowest BCUT2D eigenvalue weighted by Gasteiger charge is -2.25. The van der Waals surface area contributed by atoms with Crippen molar-refractivity contribution in [3.63, 3.8) is 0 Å². The zero-order chi connectivity index (χ0) is 20.8. The van der Waals surface area contributed by atoms with E-state index in [0.717, 1.165) is 41.6 Å². The Labute approximate surface area is 174 Å². The molecule has 6 heteroatoms. The third kappa shape index (κ3) is 3.29. The van der Waals surface area contributed by atoms with Crippen LogP contribution in [0.1, 0.15) is 47.6 Å². The number of nitrogens with one attached hydrogen (secondary N) is 1. The number of rotatable bonds is 3. The number of aromatic nitrogens is 1. The predicted octanol–water partition coefficient (Wildman–Crippen LogP) is 4.17. The standard InChI is InChI=1S/C24H25F2N3O/c25-19-10-14-7-8-15(18(14)11-20(19)26)21(27)12-24(30)29-9-3-5-17-16-4-1-2-6-22(16)28-23(17)13-29/h1-2,4,6,10-11,15,21,28H,3,5,7-9,12-13,27H2. The van der Waals surface area contributed by atoms with Crippen LogP contribution >= 0.6 is 0 Å². The molecule has 2 unspecified atom stereocenters. The molecule has 156 valence electrons. The van der Waals surface area contributed by atoms with Gasteiger partial charge in [-0.25, -0.2) is 8.78 Å². The fourth-order valence-electron chi connectivity index (χ4n) is 5.16. The molecule has 0 fully saturated rings. The maximum Gasteiger partial charge on any atom is 0.224 e. The van der Waals surface area contributed by atoms with Crippen molar-refractivity contribution in [2.45, 2.75) is 50.6 Å². The van der Waals surface area contributed by atoms with Crippen molar-refractivity contribution >= 4 is 16.8 Å². The van der Waals surface area contributed by atoms with Crippen LogP contribution in [0.4, 0.5) is 8.78 Å². The molecule has 1 aliphatic carbocycles. The normalized spacial score (nSPS) is 19.4. The third-order valence-electron chi connectivity index (χ3n) is 6.69. The first-order valence-electron chi connectivity index (χ1n) is 10.6. The van der Waals surface area contributed by atoms with Gasteiger partial charge in [-0.15, -0.1) is 0 Å². The van der Waals surface area contributed by atoms with Crippen molar-refractivity contribution < 1.29 is 13.6 Å². The fraction of sp³-hybridized carbons (Fsp3) is 0.375. The van der Waals surface area contributed by atoms with Crippen LogP contribution in [-0.4, -0.2) is 28.4 Å². The number of aryl methyl sites for hydroxylation is 2. The Morgan fingerprint density at radius 1 is 1.20 bits per heavy atom. The molecule has 1 amide bonds. The summed E-state index contributed by atoms with van der Waals surface area (Å²) >= 11 is 0. The summed E-state index contributed by atoms with van der Waals surface area (Å²) in [7, 11) is 0. The number of nitrogens with two attached hydrogens (primary N) is 1. The van der Waals surface area contributed by atoms with Gasteiger partial charge in [-0.3, -0.25) is 4.79 Å². The first kappa shape index (κ1) is 19.2. The number of carbonyl (C=O) groups is 1. The molecule has 0 radical (unpaired) electrons. The third-order valence-corrected chi connectivity index (χ3v) is 6.69. The summed E-state index contributed by atoms with van der Waals surface area (Å²) in [6.07, 6.45) is 3.45. The second-order valence-electron chi connectivity index (χ2n) is 8.52. The molecule has 0 saturated carbocycles. The molecule has 1 aromatic heterocycles. The number of nitrogens with zero attached hydrogens (tertiary/aromatic N) is 1. The summed E-state index contributed by atoms with van der Waals surface area (Å²) in [5.74, 6) is -1.77. The van der Waals surface area contributed by atoms with Gasteiger partial charge in [-0.1, -0.05) is 18.2 Å². The van der Waals surface area contributed by atoms with E-state index in [9.17, 15) is 13.6 Å². The molecular weight excluding hydrogens is 384 g/mol. The van der Waals surface area contributed by atoms with Crippen LogP contribution in [0.3, 0.4) is 0 Å². The Kier molecular flexibility index (Phi) is 4.82. The molecule has 2 heterocycles. The van der Waals surface area contributed by atoms with Crippen molar-refractivity contribution in [1.82, 2.24) is 9.88 Å². The average molecular weight is 409 g/mol. The highest BCUT2D eigenvalue weighted by molar-refractivity contribution is 5.85. The van der Waals surface area contributed by atoms with Crippen LogP contribution in [0, 0.1) is 11.6 Å². The summed E-state index contributed by atoms with van der Waals surface area (Å²) in [5.41, 5.74) is 11.5. The lowest BCUT2D eigenvalue weighted by Crippen LogP contribution is -2.38. The second kappa shape index (κ2) is 7.51. The van der Waals surface area contributed by atoms with E-state index < -0.39 is 17.7 Å². The molecule has 3 aromatic rings. The summed E-state index contributed by atoms with van der Waals surface area (Å²) in [6, 6.07) is 10.4. The number of halogens is 2. The van der Waals surface area contributed by atoms with Crippen LogP contribution in [0.2, 0.25) is 0 Å². The van der Waals surface area contributed by atoms with Crippen molar-refractivity contribution in [2.24, 2.45) is 5.73 Å². The second-order valence-corrected chi connectivity index (χ2v) is 8.52. The highest BCUT2D eigenvalue weighted by Gasteiger charge is 2.32. The molecule has 4 nitrogen and oxygen atoms in total. The summed E-state index contributed by atoms with van der Waals surface area (Å²) in [4.78, 5) is 18.4. The number of amides is 1. The van der Waals surface area contributed by atoms with E-state index in [0.29, 0.717) is 19.5 Å². The van der Waals surface area contributed by atoms with Gasteiger partial charge < -0.3 is 15.6 Å². The maximum atomic E-state index is 13.7.